The van der Waals surface area contributed by atoms with Crippen molar-refractivity contribution in [2.45, 2.75) is 6.61 Å². The first kappa shape index (κ1) is 12.8. The molecule has 0 saturated heterocycles. The van der Waals surface area contributed by atoms with Crippen molar-refractivity contribution in [2.24, 2.45) is 0 Å². The Labute approximate surface area is 129 Å². The molecule has 4 aromatic rings. The molecular weight excluding hydrogens is 270 g/mol. The molecule has 1 aromatic heterocycles. The summed E-state index contributed by atoms with van der Waals surface area (Å²) >= 11 is 0. The zero-order valence-electron chi connectivity index (χ0n) is 12.1. The van der Waals surface area contributed by atoms with Crippen LogP contribution in [0.15, 0.2) is 78.9 Å². The van der Waals surface area contributed by atoms with Crippen molar-refractivity contribution < 1.29 is 4.74 Å². The summed E-state index contributed by atoms with van der Waals surface area (Å²) in [6.07, 6.45) is 0. The van der Waals surface area contributed by atoms with E-state index in [2.05, 4.69) is 24.3 Å². The summed E-state index contributed by atoms with van der Waals surface area (Å²) in [5, 5.41) is 2.18. The maximum Gasteiger partial charge on any atom is 0.129 e. The second-order valence-electron chi connectivity index (χ2n) is 5.28. The lowest BCUT2D eigenvalue weighted by molar-refractivity contribution is 0.310. The summed E-state index contributed by atoms with van der Waals surface area (Å²) in [6.45, 7) is 0.562. The molecule has 22 heavy (non-hydrogen) atoms. The van der Waals surface area contributed by atoms with Gasteiger partial charge in [0, 0.05) is 10.8 Å². The molecule has 0 atom stereocenters. The molecule has 0 N–H and O–H groups in total. The third-order valence-electron chi connectivity index (χ3n) is 3.76. The summed E-state index contributed by atoms with van der Waals surface area (Å²) in [5.74, 6) is 0.875. The standard InChI is InChI=1S/C20H15NO/c1-2-7-15(8-3-1)14-22-20-12-6-11-19-17(20)13-16-9-4-5-10-18(16)21-19/h1-13H,14H2. The Balaban J connectivity index is 1.75. The molecule has 0 aliphatic heterocycles. The highest BCUT2D eigenvalue weighted by atomic mass is 16.5. The first-order valence-electron chi connectivity index (χ1n) is 7.35. The third-order valence-corrected chi connectivity index (χ3v) is 3.76. The monoisotopic (exact) mass is 285 g/mol. The first-order chi connectivity index (χ1) is 10.9. The lowest BCUT2D eigenvalue weighted by Gasteiger charge is -2.10. The van der Waals surface area contributed by atoms with Crippen LogP contribution in [0.2, 0.25) is 0 Å². The Morgan fingerprint density at radius 2 is 1.50 bits per heavy atom. The van der Waals surface area contributed by atoms with Crippen LogP contribution in [0, 0.1) is 0 Å². The van der Waals surface area contributed by atoms with E-state index in [0.29, 0.717) is 6.61 Å². The molecule has 2 heteroatoms. The van der Waals surface area contributed by atoms with Crippen molar-refractivity contribution in [2.75, 3.05) is 0 Å². The van der Waals surface area contributed by atoms with Gasteiger partial charge in [0.05, 0.1) is 11.0 Å². The van der Waals surface area contributed by atoms with Crippen LogP contribution in [0.25, 0.3) is 21.8 Å². The van der Waals surface area contributed by atoms with E-state index >= 15 is 0 Å². The van der Waals surface area contributed by atoms with Crippen LogP contribution in [0.1, 0.15) is 5.56 Å². The molecule has 2 nitrogen and oxygen atoms in total. The lowest BCUT2D eigenvalue weighted by Crippen LogP contribution is -1.96. The van der Waals surface area contributed by atoms with Crippen molar-refractivity contribution in [1.29, 1.82) is 0 Å². The number of benzene rings is 3. The predicted octanol–water partition coefficient (Wildman–Crippen LogP) is 4.97. The highest BCUT2D eigenvalue weighted by Gasteiger charge is 2.05. The molecule has 0 fully saturated rings. The molecule has 0 aliphatic carbocycles. The van der Waals surface area contributed by atoms with E-state index in [-0.39, 0.29) is 0 Å². The quantitative estimate of drug-likeness (QED) is 0.496. The van der Waals surface area contributed by atoms with Gasteiger partial charge in [-0.05, 0) is 29.8 Å². The summed E-state index contributed by atoms with van der Waals surface area (Å²) in [5.41, 5.74) is 3.13. The largest absolute Gasteiger partial charge is 0.488 e. The Kier molecular flexibility index (Phi) is 3.20. The Hall–Kier alpha value is -2.87. The van der Waals surface area contributed by atoms with Gasteiger partial charge in [-0.3, -0.25) is 0 Å². The number of para-hydroxylation sites is 1. The Bertz CT molecular complexity index is 932. The minimum absolute atomic E-state index is 0.562. The summed E-state index contributed by atoms with van der Waals surface area (Å²) < 4.78 is 6.01. The topological polar surface area (TPSA) is 22.1 Å². The number of nitrogens with zero attached hydrogens (tertiary/aromatic N) is 1. The molecule has 1 heterocycles. The number of aromatic nitrogens is 1. The second-order valence-corrected chi connectivity index (χ2v) is 5.28. The molecule has 0 bridgehead atoms. The van der Waals surface area contributed by atoms with E-state index in [4.69, 9.17) is 9.72 Å². The van der Waals surface area contributed by atoms with Crippen molar-refractivity contribution in [1.82, 2.24) is 4.98 Å². The number of hydrogen-bond acceptors (Lipinski definition) is 2. The SMILES string of the molecule is c1ccc(COc2cccc3nc4ccccc4cc23)cc1. The Morgan fingerprint density at radius 1 is 0.727 bits per heavy atom. The maximum absolute atomic E-state index is 6.01. The maximum atomic E-state index is 6.01. The number of ether oxygens (including phenoxy) is 1. The molecule has 3 aromatic carbocycles. The van der Waals surface area contributed by atoms with E-state index in [0.717, 1.165) is 33.1 Å². The van der Waals surface area contributed by atoms with Gasteiger partial charge < -0.3 is 4.74 Å². The van der Waals surface area contributed by atoms with Gasteiger partial charge in [-0.25, -0.2) is 4.98 Å². The second kappa shape index (κ2) is 5.49. The van der Waals surface area contributed by atoms with Crippen LogP contribution in [0.4, 0.5) is 0 Å². The van der Waals surface area contributed by atoms with Gasteiger partial charge >= 0.3 is 0 Å². The first-order valence-corrected chi connectivity index (χ1v) is 7.35. The zero-order chi connectivity index (χ0) is 14.8. The highest BCUT2D eigenvalue weighted by molar-refractivity contribution is 5.95. The molecule has 4 rings (SSSR count). The summed E-state index contributed by atoms with van der Waals surface area (Å²) in [6, 6.07) is 26.5. The van der Waals surface area contributed by atoms with Crippen LogP contribution >= 0.6 is 0 Å². The molecule has 0 radical (unpaired) electrons. The number of pyridine rings is 1. The molecule has 0 aliphatic rings. The molecule has 0 amide bonds. The smallest absolute Gasteiger partial charge is 0.129 e. The van der Waals surface area contributed by atoms with Gasteiger partial charge in [-0.1, -0.05) is 54.6 Å². The van der Waals surface area contributed by atoms with Gasteiger partial charge in [0.2, 0.25) is 0 Å². The van der Waals surface area contributed by atoms with E-state index in [1.807, 2.05) is 54.6 Å². The van der Waals surface area contributed by atoms with Crippen LogP contribution in [-0.2, 0) is 6.61 Å². The zero-order valence-corrected chi connectivity index (χ0v) is 12.1. The van der Waals surface area contributed by atoms with Crippen molar-refractivity contribution >= 4 is 21.8 Å². The van der Waals surface area contributed by atoms with Gasteiger partial charge in [-0.15, -0.1) is 0 Å². The Morgan fingerprint density at radius 3 is 2.41 bits per heavy atom. The summed E-state index contributed by atoms with van der Waals surface area (Å²) in [4.78, 5) is 4.71. The van der Waals surface area contributed by atoms with Crippen molar-refractivity contribution in [3.63, 3.8) is 0 Å². The fourth-order valence-corrected chi connectivity index (χ4v) is 2.63. The van der Waals surface area contributed by atoms with E-state index in [9.17, 15) is 0 Å². The third kappa shape index (κ3) is 2.40. The minimum Gasteiger partial charge on any atom is -0.488 e. The van der Waals surface area contributed by atoms with Crippen LogP contribution in [0.3, 0.4) is 0 Å². The highest BCUT2D eigenvalue weighted by Crippen LogP contribution is 2.28. The van der Waals surface area contributed by atoms with Crippen LogP contribution < -0.4 is 4.74 Å². The predicted molar refractivity (Wildman–Crippen MR) is 90.0 cm³/mol. The number of fused-ring (bicyclic) bond motifs is 2. The van der Waals surface area contributed by atoms with Gasteiger partial charge in [0.15, 0.2) is 0 Å². The summed E-state index contributed by atoms with van der Waals surface area (Å²) in [7, 11) is 0. The average molecular weight is 285 g/mol. The van der Waals surface area contributed by atoms with E-state index in [1.54, 1.807) is 0 Å². The van der Waals surface area contributed by atoms with Crippen LogP contribution in [-0.4, -0.2) is 4.98 Å². The number of hydrogen-bond donors (Lipinski definition) is 0. The minimum atomic E-state index is 0.562. The number of rotatable bonds is 3. The van der Waals surface area contributed by atoms with Crippen molar-refractivity contribution in [3.8, 4) is 5.75 Å². The fraction of sp³-hybridized carbons (Fsp3) is 0.0500. The molecular formula is C20H15NO. The van der Waals surface area contributed by atoms with Crippen LogP contribution in [0.5, 0.6) is 5.75 Å². The van der Waals surface area contributed by atoms with Gasteiger partial charge in [0.25, 0.3) is 0 Å². The lowest BCUT2D eigenvalue weighted by atomic mass is 10.1. The molecule has 0 unspecified atom stereocenters. The molecule has 0 spiro atoms. The fourth-order valence-electron chi connectivity index (χ4n) is 2.63. The average Bonchev–Trinajstić information content (AvgIpc) is 2.59. The van der Waals surface area contributed by atoms with Gasteiger partial charge in [0.1, 0.15) is 12.4 Å². The van der Waals surface area contributed by atoms with Crippen molar-refractivity contribution in [3.05, 3.63) is 84.4 Å². The van der Waals surface area contributed by atoms with Gasteiger partial charge in [-0.2, -0.15) is 0 Å². The van der Waals surface area contributed by atoms with E-state index in [1.165, 1.54) is 0 Å². The molecule has 106 valence electrons. The normalized spacial score (nSPS) is 10.9. The van der Waals surface area contributed by atoms with E-state index < -0.39 is 0 Å². The molecule has 0 saturated carbocycles.